The number of hydrogen-bond acceptors (Lipinski definition) is 3. The van der Waals surface area contributed by atoms with Gasteiger partial charge in [0.15, 0.2) is 0 Å². The molecule has 5 nitrogen and oxygen atoms in total. The fourth-order valence-electron chi connectivity index (χ4n) is 1.82. The van der Waals surface area contributed by atoms with Gasteiger partial charge in [-0.1, -0.05) is 25.4 Å². The van der Waals surface area contributed by atoms with Crippen LogP contribution in [-0.4, -0.2) is 14.7 Å². The summed E-state index contributed by atoms with van der Waals surface area (Å²) in [4.78, 5) is 10.2. The third-order valence-electron chi connectivity index (χ3n) is 2.64. The van der Waals surface area contributed by atoms with E-state index in [2.05, 4.69) is 18.9 Å². The van der Waals surface area contributed by atoms with Crippen LogP contribution in [0.5, 0.6) is 0 Å². The Morgan fingerprint density at radius 3 is 2.53 bits per heavy atom. The van der Waals surface area contributed by atoms with Crippen molar-refractivity contribution >= 4 is 17.3 Å². The Morgan fingerprint density at radius 1 is 1.37 bits per heavy atom. The lowest BCUT2D eigenvalue weighted by atomic mass is 10.1. The van der Waals surface area contributed by atoms with Crippen LogP contribution >= 0.6 is 11.6 Å². The zero-order valence-electron chi connectivity index (χ0n) is 10.7. The first-order chi connectivity index (χ1) is 8.97. The summed E-state index contributed by atoms with van der Waals surface area (Å²) in [6.45, 7) is 4.22. The van der Waals surface area contributed by atoms with Gasteiger partial charge in [-0.15, -0.1) is 0 Å². The number of benzene rings is 1. The van der Waals surface area contributed by atoms with E-state index in [1.807, 2.05) is 6.07 Å². The van der Waals surface area contributed by atoms with Gasteiger partial charge in [-0.05, 0) is 30.5 Å². The van der Waals surface area contributed by atoms with Crippen molar-refractivity contribution in [2.24, 2.45) is 5.92 Å². The number of non-ortho nitro benzene ring substituents is 1. The lowest BCUT2D eigenvalue weighted by molar-refractivity contribution is -0.384. The van der Waals surface area contributed by atoms with Gasteiger partial charge in [0.25, 0.3) is 5.69 Å². The average molecular weight is 280 g/mol. The molecule has 0 aliphatic heterocycles. The van der Waals surface area contributed by atoms with E-state index in [4.69, 9.17) is 11.6 Å². The van der Waals surface area contributed by atoms with Gasteiger partial charge in [0, 0.05) is 12.1 Å². The lowest BCUT2D eigenvalue weighted by Crippen LogP contribution is -2.00. The molecular formula is C13H14ClN3O2. The highest BCUT2D eigenvalue weighted by Gasteiger charge is 2.11. The van der Waals surface area contributed by atoms with Crippen molar-refractivity contribution in [3.8, 4) is 5.69 Å². The molecule has 1 aromatic carbocycles. The second-order valence-corrected chi connectivity index (χ2v) is 5.13. The highest BCUT2D eigenvalue weighted by Crippen LogP contribution is 2.21. The number of nitro benzene ring substituents is 1. The summed E-state index contributed by atoms with van der Waals surface area (Å²) in [5, 5.41) is 15.5. The van der Waals surface area contributed by atoms with Crippen LogP contribution in [0.4, 0.5) is 5.69 Å². The Balaban J connectivity index is 2.30. The zero-order chi connectivity index (χ0) is 14.0. The molecule has 2 aromatic rings. The maximum Gasteiger partial charge on any atom is 0.269 e. The SMILES string of the molecule is CC(C)Cc1cc(Cl)n(-c2ccc([N+](=O)[O-])cc2)n1. The van der Waals surface area contributed by atoms with Gasteiger partial charge in [0.2, 0.25) is 0 Å². The number of nitro groups is 1. The number of rotatable bonds is 4. The van der Waals surface area contributed by atoms with E-state index < -0.39 is 4.92 Å². The maximum atomic E-state index is 10.6. The van der Waals surface area contributed by atoms with E-state index in [0.29, 0.717) is 16.8 Å². The van der Waals surface area contributed by atoms with Crippen molar-refractivity contribution in [1.82, 2.24) is 9.78 Å². The van der Waals surface area contributed by atoms with E-state index in [9.17, 15) is 10.1 Å². The van der Waals surface area contributed by atoms with E-state index in [1.165, 1.54) is 12.1 Å². The molecule has 0 radical (unpaired) electrons. The molecule has 0 N–H and O–H groups in total. The molecule has 1 heterocycles. The van der Waals surface area contributed by atoms with Gasteiger partial charge < -0.3 is 0 Å². The van der Waals surface area contributed by atoms with Crippen molar-refractivity contribution in [2.45, 2.75) is 20.3 Å². The highest BCUT2D eigenvalue weighted by atomic mass is 35.5. The summed E-state index contributed by atoms with van der Waals surface area (Å²) >= 11 is 6.13. The van der Waals surface area contributed by atoms with Gasteiger partial charge >= 0.3 is 0 Å². The standard InChI is InChI=1S/C13H14ClN3O2/c1-9(2)7-10-8-13(14)16(15-10)11-3-5-12(6-4-11)17(18)19/h3-6,8-9H,7H2,1-2H3. The molecule has 0 unspecified atom stereocenters. The molecule has 0 spiro atoms. The Bertz CT molecular complexity index is 590. The minimum Gasteiger partial charge on any atom is -0.258 e. The molecule has 2 rings (SSSR count). The molecule has 0 atom stereocenters. The predicted octanol–water partition coefficient (Wildman–Crippen LogP) is 3.63. The molecule has 0 amide bonds. The van der Waals surface area contributed by atoms with Crippen LogP contribution in [0.2, 0.25) is 5.15 Å². The second-order valence-electron chi connectivity index (χ2n) is 4.74. The van der Waals surface area contributed by atoms with Crippen LogP contribution in [0.15, 0.2) is 30.3 Å². The lowest BCUT2D eigenvalue weighted by Gasteiger charge is -2.03. The van der Waals surface area contributed by atoms with Crippen molar-refractivity contribution in [2.75, 3.05) is 0 Å². The second kappa shape index (κ2) is 5.40. The van der Waals surface area contributed by atoms with Crippen LogP contribution in [-0.2, 0) is 6.42 Å². The Hall–Kier alpha value is -1.88. The van der Waals surface area contributed by atoms with Crippen molar-refractivity contribution in [3.05, 3.63) is 51.3 Å². The Kier molecular flexibility index (Phi) is 3.85. The fraction of sp³-hybridized carbons (Fsp3) is 0.308. The van der Waals surface area contributed by atoms with Crippen LogP contribution in [0, 0.1) is 16.0 Å². The first-order valence-corrected chi connectivity index (χ1v) is 6.34. The maximum absolute atomic E-state index is 10.6. The molecule has 0 saturated heterocycles. The van der Waals surface area contributed by atoms with E-state index in [-0.39, 0.29) is 5.69 Å². The van der Waals surface area contributed by atoms with Crippen LogP contribution in [0.1, 0.15) is 19.5 Å². The summed E-state index contributed by atoms with van der Waals surface area (Å²) in [6, 6.07) is 7.97. The van der Waals surface area contributed by atoms with Crippen LogP contribution in [0.3, 0.4) is 0 Å². The van der Waals surface area contributed by atoms with Crippen LogP contribution in [0.25, 0.3) is 5.69 Å². The number of aromatic nitrogens is 2. The fourth-order valence-corrected chi connectivity index (χ4v) is 2.08. The van der Waals surface area contributed by atoms with Crippen molar-refractivity contribution < 1.29 is 4.92 Å². The molecule has 0 aliphatic carbocycles. The summed E-state index contributed by atoms with van der Waals surface area (Å²) in [5.74, 6) is 0.497. The van der Waals surface area contributed by atoms with Crippen molar-refractivity contribution in [1.29, 1.82) is 0 Å². The molecule has 0 aliphatic rings. The molecule has 6 heteroatoms. The molecule has 100 valence electrons. The normalized spacial score (nSPS) is 10.9. The topological polar surface area (TPSA) is 61.0 Å². The summed E-state index contributed by atoms with van der Waals surface area (Å²) in [6.07, 6.45) is 0.847. The summed E-state index contributed by atoms with van der Waals surface area (Å²) in [5.41, 5.74) is 1.68. The molecule has 19 heavy (non-hydrogen) atoms. The van der Waals surface area contributed by atoms with E-state index >= 15 is 0 Å². The van der Waals surface area contributed by atoms with Crippen LogP contribution < -0.4 is 0 Å². The number of nitrogens with zero attached hydrogens (tertiary/aromatic N) is 3. The number of hydrogen-bond donors (Lipinski definition) is 0. The summed E-state index contributed by atoms with van der Waals surface area (Å²) in [7, 11) is 0. The van der Waals surface area contributed by atoms with Crippen molar-refractivity contribution in [3.63, 3.8) is 0 Å². The predicted molar refractivity (Wildman–Crippen MR) is 73.8 cm³/mol. The van der Waals surface area contributed by atoms with Gasteiger partial charge in [0.05, 0.1) is 16.3 Å². The quantitative estimate of drug-likeness (QED) is 0.634. The molecular weight excluding hydrogens is 266 g/mol. The molecule has 0 bridgehead atoms. The Morgan fingerprint density at radius 2 is 2.00 bits per heavy atom. The smallest absolute Gasteiger partial charge is 0.258 e. The molecule has 1 aromatic heterocycles. The van der Waals surface area contributed by atoms with Gasteiger partial charge in [-0.3, -0.25) is 10.1 Å². The molecule has 0 saturated carbocycles. The first-order valence-electron chi connectivity index (χ1n) is 5.96. The largest absolute Gasteiger partial charge is 0.269 e. The average Bonchev–Trinajstić information content (AvgIpc) is 2.69. The van der Waals surface area contributed by atoms with Gasteiger partial charge in [0.1, 0.15) is 5.15 Å². The zero-order valence-corrected chi connectivity index (χ0v) is 11.5. The monoisotopic (exact) mass is 279 g/mol. The van der Waals surface area contributed by atoms with Gasteiger partial charge in [-0.2, -0.15) is 5.10 Å². The third-order valence-corrected chi connectivity index (χ3v) is 2.91. The van der Waals surface area contributed by atoms with E-state index in [1.54, 1.807) is 16.8 Å². The summed E-state index contributed by atoms with van der Waals surface area (Å²) < 4.78 is 1.59. The molecule has 0 fully saturated rings. The number of halogens is 1. The van der Waals surface area contributed by atoms with E-state index in [0.717, 1.165) is 12.1 Å². The first kappa shape index (κ1) is 13.5. The highest BCUT2D eigenvalue weighted by molar-refractivity contribution is 6.29. The van der Waals surface area contributed by atoms with Gasteiger partial charge in [-0.25, -0.2) is 4.68 Å². The minimum absolute atomic E-state index is 0.0504. The Labute approximate surface area is 116 Å². The third kappa shape index (κ3) is 3.12. The minimum atomic E-state index is -0.432.